The molecule has 0 saturated carbocycles. The second kappa shape index (κ2) is 9.54. The Morgan fingerprint density at radius 2 is 1.79 bits per heavy atom. The third-order valence-electron chi connectivity index (χ3n) is 6.07. The molecule has 33 heavy (non-hydrogen) atoms. The number of phenolic OH excluding ortho intramolecular Hbond substituents is 1. The summed E-state index contributed by atoms with van der Waals surface area (Å²) in [6, 6.07) is 10.7. The monoisotopic (exact) mass is 452 g/mol. The molecule has 8 heteroatoms. The lowest BCUT2D eigenvalue weighted by molar-refractivity contribution is 0.0776. The van der Waals surface area contributed by atoms with E-state index in [4.69, 9.17) is 13.9 Å². The van der Waals surface area contributed by atoms with Crippen molar-refractivity contribution in [2.75, 3.05) is 39.9 Å². The number of carbonyl (C=O) groups is 1. The van der Waals surface area contributed by atoms with Crippen LogP contribution in [0.4, 0.5) is 4.79 Å². The maximum atomic E-state index is 13.0. The third-order valence-corrected chi connectivity index (χ3v) is 6.07. The molecule has 2 aromatic carbocycles. The van der Waals surface area contributed by atoms with Crippen LogP contribution in [-0.2, 0) is 11.3 Å². The van der Waals surface area contributed by atoms with Crippen LogP contribution in [0.5, 0.6) is 11.5 Å². The van der Waals surface area contributed by atoms with Gasteiger partial charge >= 0.3 is 11.7 Å². The number of piperazine rings is 1. The van der Waals surface area contributed by atoms with Crippen LogP contribution in [0, 0.1) is 6.92 Å². The first-order chi connectivity index (χ1) is 15.9. The lowest BCUT2D eigenvalue weighted by Crippen LogP contribution is -2.48. The number of rotatable bonds is 5. The fraction of sp³-hybridized carbons (Fsp3) is 0.360. The molecule has 1 N–H and O–H groups in total. The van der Waals surface area contributed by atoms with Crippen molar-refractivity contribution in [2.24, 2.45) is 0 Å². The van der Waals surface area contributed by atoms with Crippen molar-refractivity contribution in [2.45, 2.75) is 20.4 Å². The van der Waals surface area contributed by atoms with Crippen LogP contribution in [0.3, 0.4) is 0 Å². The first kappa shape index (κ1) is 22.7. The van der Waals surface area contributed by atoms with Crippen LogP contribution >= 0.6 is 0 Å². The fourth-order valence-corrected chi connectivity index (χ4v) is 4.23. The van der Waals surface area contributed by atoms with Crippen LogP contribution in [0.15, 0.2) is 45.6 Å². The average molecular weight is 453 g/mol. The number of amides is 1. The predicted octanol–water partition coefficient (Wildman–Crippen LogP) is 3.76. The molecule has 1 saturated heterocycles. The predicted molar refractivity (Wildman–Crippen MR) is 125 cm³/mol. The van der Waals surface area contributed by atoms with Crippen molar-refractivity contribution in [1.29, 1.82) is 0 Å². The number of nitrogens with zero attached hydrogens (tertiary/aromatic N) is 2. The molecule has 8 nitrogen and oxygen atoms in total. The van der Waals surface area contributed by atoms with Crippen molar-refractivity contribution < 1.29 is 23.8 Å². The summed E-state index contributed by atoms with van der Waals surface area (Å²) in [5.41, 5.74) is 2.53. The van der Waals surface area contributed by atoms with Gasteiger partial charge in [-0.2, -0.15) is 0 Å². The van der Waals surface area contributed by atoms with E-state index in [-0.39, 0.29) is 11.8 Å². The molecule has 1 aliphatic heterocycles. The second-order valence-corrected chi connectivity index (χ2v) is 8.02. The highest BCUT2D eigenvalue weighted by molar-refractivity contribution is 5.90. The highest BCUT2D eigenvalue weighted by Crippen LogP contribution is 2.33. The molecule has 0 radical (unpaired) electrons. The third kappa shape index (κ3) is 4.52. The van der Waals surface area contributed by atoms with Crippen LogP contribution < -0.4 is 10.4 Å². The van der Waals surface area contributed by atoms with Gasteiger partial charge in [0.05, 0.1) is 24.8 Å². The Hall–Kier alpha value is -3.52. The van der Waals surface area contributed by atoms with E-state index in [0.29, 0.717) is 61.8 Å². The molecule has 0 unspecified atom stereocenters. The molecule has 3 aromatic rings. The Morgan fingerprint density at radius 1 is 1.09 bits per heavy atom. The molecule has 4 rings (SSSR count). The number of aromatic hydroxyl groups is 1. The zero-order chi connectivity index (χ0) is 23.5. The van der Waals surface area contributed by atoms with E-state index in [1.54, 1.807) is 43.2 Å². The molecule has 1 aromatic heterocycles. The van der Waals surface area contributed by atoms with Crippen molar-refractivity contribution in [1.82, 2.24) is 9.80 Å². The quantitative estimate of drug-likeness (QED) is 0.589. The molecule has 1 fully saturated rings. The van der Waals surface area contributed by atoms with Gasteiger partial charge in [-0.05, 0) is 49.2 Å². The van der Waals surface area contributed by atoms with Gasteiger partial charge in [0.1, 0.15) is 17.1 Å². The minimum Gasteiger partial charge on any atom is -0.507 e. The number of carbonyl (C=O) groups excluding carboxylic acids is 1. The van der Waals surface area contributed by atoms with E-state index < -0.39 is 5.63 Å². The standard InChI is InChI=1S/C25H28N2O6/c1-4-32-25(30)27-13-11-26(12-14-27)15-20-21(28)10-9-19-16(2)22(24(29)33-23(19)20)17-5-7-18(31-3)8-6-17/h5-10,28H,4,11-15H2,1-3H3. The van der Waals surface area contributed by atoms with Gasteiger partial charge in [0, 0.05) is 38.1 Å². The van der Waals surface area contributed by atoms with Gasteiger partial charge in [0.15, 0.2) is 0 Å². The molecular weight excluding hydrogens is 424 g/mol. The number of methoxy groups -OCH3 is 1. The van der Waals surface area contributed by atoms with Gasteiger partial charge in [-0.1, -0.05) is 12.1 Å². The number of hydrogen-bond donors (Lipinski definition) is 1. The molecule has 0 aliphatic carbocycles. The Labute approximate surface area is 191 Å². The summed E-state index contributed by atoms with van der Waals surface area (Å²) in [5.74, 6) is 0.784. The largest absolute Gasteiger partial charge is 0.507 e. The van der Waals surface area contributed by atoms with Crippen LogP contribution in [0.25, 0.3) is 22.1 Å². The molecule has 0 atom stereocenters. The van der Waals surface area contributed by atoms with E-state index in [2.05, 4.69) is 4.90 Å². The summed E-state index contributed by atoms with van der Waals surface area (Å²) in [5, 5.41) is 11.4. The topological polar surface area (TPSA) is 92.5 Å². The average Bonchev–Trinajstić information content (AvgIpc) is 2.82. The summed E-state index contributed by atoms with van der Waals surface area (Å²) < 4.78 is 16.0. The van der Waals surface area contributed by atoms with Gasteiger partial charge in [-0.3, -0.25) is 4.90 Å². The molecular formula is C25H28N2O6. The fourth-order valence-electron chi connectivity index (χ4n) is 4.23. The number of phenols is 1. The van der Waals surface area contributed by atoms with Gasteiger partial charge in [0.25, 0.3) is 0 Å². The number of fused-ring (bicyclic) bond motifs is 1. The molecule has 1 amide bonds. The maximum absolute atomic E-state index is 13.0. The van der Waals surface area contributed by atoms with E-state index in [1.807, 2.05) is 19.1 Å². The lowest BCUT2D eigenvalue weighted by atomic mass is 9.97. The minimum absolute atomic E-state index is 0.0788. The van der Waals surface area contributed by atoms with Crippen LogP contribution in [-0.4, -0.2) is 60.9 Å². The van der Waals surface area contributed by atoms with Gasteiger partial charge in [0.2, 0.25) is 0 Å². The SMILES string of the molecule is CCOC(=O)N1CCN(Cc2c(O)ccc3c(C)c(-c4ccc(OC)cc4)c(=O)oc23)CC1. The highest BCUT2D eigenvalue weighted by atomic mass is 16.6. The zero-order valence-corrected chi connectivity index (χ0v) is 19.1. The Morgan fingerprint density at radius 3 is 2.42 bits per heavy atom. The maximum Gasteiger partial charge on any atom is 0.409 e. The summed E-state index contributed by atoms with van der Waals surface area (Å²) in [4.78, 5) is 28.7. The second-order valence-electron chi connectivity index (χ2n) is 8.02. The van der Waals surface area contributed by atoms with Crippen LogP contribution in [0.2, 0.25) is 0 Å². The smallest absolute Gasteiger partial charge is 0.409 e. The Balaban J connectivity index is 1.64. The number of benzene rings is 2. The Kier molecular flexibility index (Phi) is 6.55. The van der Waals surface area contributed by atoms with E-state index in [0.717, 1.165) is 16.5 Å². The number of hydrogen-bond acceptors (Lipinski definition) is 7. The van der Waals surface area contributed by atoms with Crippen molar-refractivity contribution in [3.8, 4) is 22.6 Å². The first-order valence-electron chi connectivity index (χ1n) is 11.0. The van der Waals surface area contributed by atoms with E-state index in [1.165, 1.54) is 0 Å². The summed E-state index contributed by atoms with van der Waals surface area (Å²) >= 11 is 0. The number of ether oxygens (including phenoxy) is 2. The van der Waals surface area contributed by atoms with Gasteiger partial charge < -0.3 is 23.9 Å². The highest BCUT2D eigenvalue weighted by Gasteiger charge is 2.24. The van der Waals surface area contributed by atoms with Crippen molar-refractivity contribution >= 4 is 17.1 Å². The summed E-state index contributed by atoms with van der Waals surface area (Å²) in [6.45, 7) is 6.75. The minimum atomic E-state index is -0.454. The lowest BCUT2D eigenvalue weighted by Gasteiger charge is -2.34. The van der Waals surface area contributed by atoms with Gasteiger partial charge in [-0.15, -0.1) is 0 Å². The van der Waals surface area contributed by atoms with Gasteiger partial charge in [-0.25, -0.2) is 9.59 Å². The molecule has 2 heterocycles. The normalized spacial score (nSPS) is 14.5. The Bertz CT molecular complexity index is 1210. The summed E-state index contributed by atoms with van der Waals surface area (Å²) in [7, 11) is 1.59. The first-order valence-corrected chi connectivity index (χ1v) is 11.0. The summed E-state index contributed by atoms with van der Waals surface area (Å²) in [6.07, 6.45) is -0.308. The molecule has 0 spiro atoms. The van der Waals surface area contributed by atoms with E-state index in [9.17, 15) is 14.7 Å². The molecule has 1 aliphatic rings. The van der Waals surface area contributed by atoms with E-state index >= 15 is 0 Å². The molecule has 0 bridgehead atoms. The zero-order valence-electron chi connectivity index (χ0n) is 19.1. The van der Waals surface area contributed by atoms with Crippen molar-refractivity contribution in [3.63, 3.8) is 0 Å². The molecule has 174 valence electrons. The van der Waals surface area contributed by atoms with Crippen molar-refractivity contribution in [3.05, 3.63) is 57.9 Å². The number of aryl methyl sites for hydroxylation is 1. The van der Waals surface area contributed by atoms with Crippen LogP contribution in [0.1, 0.15) is 18.1 Å².